The van der Waals surface area contributed by atoms with Crippen LogP contribution in [0.25, 0.3) is 0 Å². The third-order valence-electron chi connectivity index (χ3n) is 3.73. The molecule has 1 N–H and O–H groups in total. The molecule has 3 heterocycles. The molecule has 102 valence electrons. The van der Waals surface area contributed by atoms with Gasteiger partial charge < -0.3 is 14.6 Å². The van der Waals surface area contributed by atoms with Crippen molar-refractivity contribution in [3.05, 3.63) is 11.7 Å². The maximum Gasteiger partial charge on any atom is 0.229 e. The maximum atomic E-state index is 5.42. The normalized spacial score (nSPS) is 32.2. The zero-order chi connectivity index (χ0) is 11.7. The van der Waals surface area contributed by atoms with E-state index in [1.54, 1.807) is 0 Å². The number of nitrogens with zero attached hydrogens (tertiary/aromatic N) is 2. The monoisotopic (exact) mass is 273 g/mol. The standard InChI is InChI=1S/C12H19N3O2.ClH/c1-8-6-9(2-4-13-8)12-14-11(15-17-12)10-3-5-16-7-10;/h8-10,13H,2-7H2,1H3;1H/t8-,9-,10?;/m0./s1. The van der Waals surface area contributed by atoms with E-state index >= 15 is 0 Å². The lowest BCUT2D eigenvalue weighted by Crippen LogP contribution is -2.34. The van der Waals surface area contributed by atoms with Crippen LogP contribution in [-0.2, 0) is 4.74 Å². The third kappa shape index (κ3) is 2.84. The Bertz CT molecular complexity index is 379. The Labute approximate surface area is 113 Å². The molecule has 2 aliphatic heterocycles. The largest absolute Gasteiger partial charge is 0.381 e. The molecule has 0 spiro atoms. The average molecular weight is 274 g/mol. The fraction of sp³-hybridized carbons (Fsp3) is 0.833. The molecule has 0 saturated carbocycles. The Kier molecular flexibility index (Phi) is 4.59. The van der Waals surface area contributed by atoms with Gasteiger partial charge in [-0.05, 0) is 32.7 Å². The number of nitrogens with one attached hydrogen (secondary N) is 1. The Morgan fingerprint density at radius 2 is 2.17 bits per heavy atom. The van der Waals surface area contributed by atoms with Crippen LogP contribution in [0.1, 0.15) is 49.7 Å². The van der Waals surface area contributed by atoms with Crippen molar-refractivity contribution in [3.63, 3.8) is 0 Å². The van der Waals surface area contributed by atoms with Gasteiger partial charge in [0.1, 0.15) is 0 Å². The van der Waals surface area contributed by atoms with Crippen LogP contribution in [0.2, 0.25) is 0 Å². The summed E-state index contributed by atoms with van der Waals surface area (Å²) >= 11 is 0. The van der Waals surface area contributed by atoms with E-state index in [0.717, 1.165) is 50.7 Å². The third-order valence-corrected chi connectivity index (χ3v) is 3.73. The molecule has 0 aliphatic carbocycles. The predicted molar refractivity (Wildman–Crippen MR) is 69.2 cm³/mol. The van der Waals surface area contributed by atoms with E-state index in [9.17, 15) is 0 Å². The van der Waals surface area contributed by atoms with E-state index < -0.39 is 0 Å². The van der Waals surface area contributed by atoms with Crippen LogP contribution in [0, 0.1) is 0 Å². The SMILES string of the molecule is C[C@H]1C[C@@H](c2nc(C3CCOC3)no2)CCN1.Cl. The van der Waals surface area contributed by atoms with Crippen molar-refractivity contribution in [1.82, 2.24) is 15.5 Å². The van der Waals surface area contributed by atoms with Crippen molar-refractivity contribution in [2.75, 3.05) is 19.8 Å². The molecule has 1 aromatic heterocycles. The van der Waals surface area contributed by atoms with Crippen LogP contribution in [0.15, 0.2) is 4.52 Å². The summed E-state index contributed by atoms with van der Waals surface area (Å²) in [5.74, 6) is 2.42. The van der Waals surface area contributed by atoms with E-state index in [0.29, 0.717) is 17.9 Å². The highest BCUT2D eigenvalue weighted by Gasteiger charge is 2.28. The smallest absolute Gasteiger partial charge is 0.229 e. The molecule has 0 amide bonds. The minimum Gasteiger partial charge on any atom is -0.381 e. The number of ether oxygens (including phenoxy) is 1. The fourth-order valence-corrected chi connectivity index (χ4v) is 2.67. The summed E-state index contributed by atoms with van der Waals surface area (Å²) in [6.07, 6.45) is 3.19. The van der Waals surface area contributed by atoms with E-state index in [1.165, 1.54) is 0 Å². The van der Waals surface area contributed by atoms with Crippen LogP contribution in [0.3, 0.4) is 0 Å². The molecule has 5 nitrogen and oxygen atoms in total. The number of rotatable bonds is 2. The second-order valence-electron chi connectivity index (χ2n) is 5.13. The quantitative estimate of drug-likeness (QED) is 0.891. The highest BCUT2D eigenvalue weighted by Crippen LogP contribution is 2.29. The first-order valence-electron chi connectivity index (χ1n) is 6.47. The van der Waals surface area contributed by atoms with Crippen molar-refractivity contribution in [2.45, 2.75) is 44.1 Å². The number of hydrogen-bond acceptors (Lipinski definition) is 5. The van der Waals surface area contributed by atoms with Gasteiger partial charge in [0.05, 0.1) is 6.61 Å². The summed E-state index contributed by atoms with van der Waals surface area (Å²) in [5.41, 5.74) is 0. The molecule has 3 rings (SSSR count). The van der Waals surface area contributed by atoms with Gasteiger partial charge in [-0.1, -0.05) is 5.16 Å². The molecule has 0 aromatic carbocycles. The van der Waals surface area contributed by atoms with E-state index in [4.69, 9.17) is 9.26 Å². The van der Waals surface area contributed by atoms with E-state index in [-0.39, 0.29) is 12.4 Å². The molecule has 2 aliphatic rings. The molecule has 1 aromatic rings. The molecule has 2 fully saturated rings. The first-order valence-corrected chi connectivity index (χ1v) is 6.47. The molecule has 0 bridgehead atoms. The van der Waals surface area contributed by atoms with E-state index in [1.807, 2.05) is 0 Å². The van der Waals surface area contributed by atoms with E-state index in [2.05, 4.69) is 22.4 Å². The molecule has 0 radical (unpaired) electrons. The summed E-state index contributed by atoms with van der Waals surface area (Å²) in [5, 5.41) is 7.55. The first-order chi connectivity index (χ1) is 8.33. The minimum absolute atomic E-state index is 0. The summed E-state index contributed by atoms with van der Waals surface area (Å²) in [4.78, 5) is 4.56. The Morgan fingerprint density at radius 3 is 2.89 bits per heavy atom. The second kappa shape index (κ2) is 5.99. The summed E-state index contributed by atoms with van der Waals surface area (Å²) in [6, 6.07) is 0.541. The lowest BCUT2D eigenvalue weighted by atomic mass is 9.93. The van der Waals surface area contributed by atoms with Gasteiger partial charge in [-0.3, -0.25) is 0 Å². The average Bonchev–Trinajstić information content (AvgIpc) is 3.00. The summed E-state index contributed by atoms with van der Waals surface area (Å²) < 4.78 is 10.8. The van der Waals surface area contributed by atoms with Crippen LogP contribution < -0.4 is 5.32 Å². The number of halogens is 1. The molecule has 6 heteroatoms. The molecule has 3 atom stereocenters. The van der Waals surface area contributed by atoms with Gasteiger partial charge in [0.15, 0.2) is 5.82 Å². The van der Waals surface area contributed by atoms with Crippen LogP contribution >= 0.6 is 12.4 Å². The molecule has 18 heavy (non-hydrogen) atoms. The predicted octanol–water partition coefficient (Wildman–Crippen LogP) is 1.85. The Hall–Kier alpha value is -0.650. The molecular formula is C12H20ClN3O2. The number of hydrogen-bond donors (Lipinski definition) is 1. The zero-order valence-corrected chi connectivity index (χ0v) is 11.4. The topological polar surface area (TPSA) is 60.2 Å². The first kappa shape index (κ1) is 13.8. The van der Waals surface area contributed by atoms with Gasteiger partial charge in [-0.25, -0.2) is 0 Å². The summed E-state index contributed by atoms with van der Waals surface area (Å²) in [7, 11) is 0. The van der Waals surface area contributed by atoms with Gasteiger partial charge >= 0.3 is 0 Å². The van der Waals surface area contributed by atoms with Crippen molar-refractivity contribution >= 4 is 12.4 Å². The van der Waals surface area contributed by atoms with Gasteiger partial charge in [-0.15, -0.1) is 12.4 Å². The number of aromatic nitrogens is 2. The van der Waals surface area contributed by atoms with Crippen molar-refractivity contribution in [3.8, 4) is 0 Å². The fourth-order valence-electron chi connectivity index (χ4n) is 2.67. The van der Waals surface area contributed by atoms with Crippen molar-refractivity contribution in [2.24, 2.45) is 0 Å². The van der Waals surface area contributed by atoms with Crippen LogP contribution in [-0.4, -0.2) is 35.9 Å². The van der Waals surface area contributed by atoms with Gasteiger partial charge in [-0.2, -0.15) is 4.98 Å². The number of piperidine rings is 1. The summed E-state index contributed by atoms with van der Waals surface area (Å²) in [6.45, 7) is 4.80. The lowest BCUT2D eigenvalue weighted by molar-refractivity contribution is 0.192. The second-order valence-corrected chi connectivity index (χ2v) is 5.13. The van der Waals surface area contributed by atoms with Crippen LogP contribution in [0.5, 0.6) is 0 Å². The molecule has 1 unspecified atom stereocenters. The van der Waals surface area contributed by atoms with Gasteiger partial charge in [0.25, 0.3) is 0 Å². The van der Waals surface area contributed by atoms with Gasteiger partial charge in [0, 0.05) is 24.5 Å². The highest BCUT2D eigenvalue weighted by atomic mass is 35.5. The van der Waals surface area contributed by atoms with Gasteiger partial charge in [0.2, 0.25) is 5.89 Å². The minimum atomic E-state index is 0. The lowest BCUT2D eigenvalue weighted by Gasteiger charge is -2.25. The van der Waals surface area contributed by atoms with Crippen molar-refractivity contribution in [1.29, 1.82) is 0 Å². The zero-order valence-electron chi connectivity index (χ0n) is 10.6. The maximum absolute atomic E-state index is 5.42. The Balaban J connectivity index is 0.00000120. The van der Waals surface area contributed by atoms with Crippen LogP contribution in [0.4, 0.5) is 0 Å². The molecular weight excluding hydrogens is 254 g/mol. The highest BCUT2D eigenvalue weighted by molar-refractivity contribution is 5.85. The van der Waals surface area contributed by atoms with Crippen molar-refractivity contribution < 1.29 is 9.26 Å². The Morgan fingerprint density at radius 1 is 1.28 bits per heavy atom. The molecule has 2 saturated heterocycles.